The van der Waals surface area contributed by atoms with Gasteiger partial charge in [0.25, 0.3) is 0 Å². The summed E-state index contributed by atoms with van der Waals surface area (Å²) in [7, 11) is 0. The number of amides is 1. The summed E-state index contributed by atoms with van der Waals surface area (Å²) in [5.74, 6) is 1.45. The Labute approximate surface area is 178 Å². The zero-order valence-corrected chi connectivity index (χ0v) is 17.6. The molecule has 4 N–H and O–H groups in total. The summed E-state index contributed by atoms with van der Waals surface area (Å²) in [5, 5.41) is 4.21. The van der Waals surface area contributed by atoms with E-state index in [4.69, 9.17) is 15.2 Å². The third kappa shape index (κ3) is 3.03. The first-order valence-electron chi connectivity index (χ1n) is 10.4. The Kier molecular flexibility index (Phi) is 4.12. The van der Waals surface area contributed by atoms with Crippen LogP contribution in [0, 0.1) is 0 Å². The Morgan fingerprint density at radius 1 is 1.17 bits per heavy atom. The Hall–Kier alpha value is -2.99. The van der Waals surface area contributed by atoms with Crippen LogP contribution in [0.2, 0.25) is 0 Å². The third-order valence-electron chi connectivity index (χ3n) is 6.21. The topological polar surface area (TPSA) is 89.4 Å². The lowest BCUT2D eigenvalue weighted by Gasteiger charge is -2.17. The number of rotatable bonds is 4. The number of benzene rings is 2. The molecule has 1 aromatic heterocycles. The van der Waals surface area contributed by atoms with Gasteiger partial charge in [0.05, 0.1) is 10.9 Å². The zero-order valence-electron chi connectivity index (χ0n) is 17.6. The summed E-state index contributed by atoms with van der Waals surface area (Å²) in [5.41, 5.74) is 10.4. The highest BCUT2D eigenvalue weighted by Gasteiger charge is 2.51. The van der Waals surface area contributed by atoms with Crippen molar-refractivity contribution < 1.29 is 17.1 Å². The molecule has 2 aliphatic rings. The first-order valence-corrected chi connectivity index (χ1v) is 10.4. The molecule has 0 spiro atoms. The second-order valence-corrected chi connectivity index (χ2v) is 9.34. The van der Waals surface area contributed by atoms with Crippen molar-refractivity contribution in [1.82, 2.24) is 4.98 Å². The number of carbonyl (C=O) groups is 1. The fourth-order valence-corrected chi connectivity index (χ4v) is 4.17. The van der Waals surface area contributed by atoms with Crippen LogP contribution in [0.15, 0.2) is 36.4 Å². The lowest BCUT2D eigenvalue weighted by atomic mass is 9.92. The zero-order chi connectivity index (χ0) is 21.1. The van der Waals surface area contributed by atoms with Crippen molar-refractivity contribution in [3.63, 3.8) is 0 Å². The summed E-state index contributed by atoms with van der Waals surface area (Å²) in [4.78, 5) is 16.8. The van der Waals surface area contributed by atoms with Crippen molar-refractivity contribution in [3.8, 4) is 11.5 Å². The molecule has 5 rings (SSSR count). The van der Waals surface area contributed by atoms with Crippen LogP contribution in [0.1, 0.15) is 53.3 Å². The van der Waals surface area contributed by atoms with E-state index in [-0.39, 0.29) is 21.0 Å². The highest BCUT2D eigenvalue weighted by atomic mass is 16.7. The normalized spacial score (nSPS) is 16.7. The molecule has 2 heterocycles. The first-order chi connectivity index (χ1) is 14.3. The molecule has 0 saturated heterocycles. The number of fused-ring (bicyclic) bond motifs is 2. The standard InChI is InChI=1S/C24H27N3O3.2H2/c1-23(2,3)20-10-14-8-17(9-15(12-25)21(14)27-20)26-22(28)24(6-7-24)16-4-5-18-19(11-16)30-13-29-18;;/h4-5,8-11,27H,6-7,12-13,25H2,1-3H3,(H,26,28);2*1H. The molecule has 0 atom stereocenters. The molecule has 6 heteroatoms. The van der Waals surface area contributed by atoms with Gasteiger partial charge >= 0.3 is 0 Å². The number of nitrogens with one attached hydrogen (secondary N) is 2. The number of H-pyrrole nitrogens is 1. The Bertz CT molecular complexity index is 1160. The first kappa shape index (κ1) is 19.0. The molecule has 30 heavy (non-hydrogen) atoms. The molecule has 1 aliphatic heterocycles. The van der Waals surface area contributed by atoms with E-state index < -0.39 is 5.41 Å². The molecule has 3 aromatic rings. The lowest BCUT2D eigenvalue weighted by molar-refractivity contribution is -0.118. The van der Waals surface area contributed by atoms with Crippen molar-refractivity contribution in [3.05, 3.63) is 53.2 Å². The molecule has 0 bridgehead atoms. The lowest BCUT2D eigenvalue weighted by Crippen LogP contribution is -2.27. The summed E-state index contributed by atoms with van der Waals surface area (Å²) in [6.45, 7) is 7.14. The Morgan fingerprint density at radius 3 is 2.63 bits per heavy atom. The van der Waals surface area contributed by atoms with Gasteiger partial charge in [-0.25, -0.2) is 0 Å². The molecular formula is C24H31N3O3. The molecule has 1 aliphatic carbocycles. The van der Waals surface area contributed by atoms with Gasteiger partial charge in [0.15, 0.2) is 11.5 Å². The molecule has 0 unspecified atom stereocenters. The minimum absolute atomic E-state index is 0. The van der Waals surface area contributed by atoms with E-state index in [1.807, 2.05) is 30.3 Å². The van der Waals surface area contributed by atoms with Crippen LogP contribution in [0.25, 0.3) is 10.9 Å². The summed E-state index contributed by atoms with van der Waals surface area (Å²) >= 11 is 0. The Balaban J connectivity index is 0.00000144. The average Bonchev–Trinajstić information content (AvgIpc) is 3.18. The van der Waals surface area contributed by atoms with Gasteiger partial charge in [-0.1, -0.05) is 26.8 Å². The summed E-state index contributed by atoms with van der Waals surface area (Å²) < 4.78 is 10.9. The maximum Gasteiger partial charge on any atom is 0.235 e. The van der Waals surface area contributed by atoms with Crippen LogP contribution < -0.4 is 20.5 Å². The molecule has 160 valence electrons. The minimum atomic E-state index is -0.506. The van der Waals surface area contributed by atoms with Crippen LogP contribution in [-0.2, 0) is 22.2 Å². The number of hydrogen-bond donors (Lipinski definition) is 3. The quantitative estimate of drug-likeness (QED) is 0.577. The Morgan fingerprint density at radius 2 is 1.93 bits per heavy atom. The van der Waals surface area contributed by atoms with E-state index in [1.54, 1.807) is 0 Å². The monoisotopic (exact) mass is 409 g/mol. The molecule has 0 radical (unpaired) electrons. The van der Waals surface area contributed by atoms with Crippen molar-refractivity contribution in [2.45, 2.75) is 51.0 Å². The SMILES string of the molecule is CC(C)(C)c1cc2cc(NC(=O)C3(c4ccc5c(c4)OCO5)CC3)cc(CN)c2[nH]1.[HH].[HH]. The molecule has 2 aromatic carbocycles. The number of aromatic nitrogens is 1. The van der Waals surface area contributed by atoms with Crippen LogP contribution in [0.3, 0.4) is 0 Å². The predicted octanol–water partition coefficient (Wildman–Crippen LogP) is 4.82. The molecular weight excluding hydrogens is 378 g/mol. The number of aromatic amines is 1. The van der Waals surface area contributed by atoms with Gasteiger partial charge in [-0.3, -0.25) is 4.79 Å². The predicted molar refractivity (Wildman–Crippen MR) is 121 cm³/mol. The van der Waals surface area contributed by atoms with Crippen LogP contribution in [0.5, 0.6) is 11.5 Å². The second-order valence-electron chi connectivity index (χ2n) is 9.34. The van der Waals surface area contributed by atoms with Crippen molar-refractivity contribution in [2.75, 3.05) is 12.1 Å². The molecule has 6 nitrogen and oxygen atoms in total. The van der Waals surface area contributed by atoms with Gasteiger partial charge in [-0.2, -0.15) is 0 Å². The van der Waals surface area contributed by atoms with Crippen molar-refractivity contribution in [1.29, 1.82) is 0 Å². The second kappa shape index (κ2) is 6.51. The van der Waals surface area contributed by atoms with E-state index in [1.165, 1.54) is 0 Å². The van der Waals surface area contributed by atoms with E-state index in [2.05, 4.69) is 37.1 Å². The van der Waals surface area contributed by atoms with Crippen molar-refractivity contribution >= 4 is 22.5 Å². The van der Waals surface area contributed by atoms with Gasteiger partial charge in [0.1, 0.15) is 0 Å². The summed E-state index contributed by atoms with van der Waals surface area (Å²) in [6.07, 6.45) is 1.64. The number of anilines is 1. The minimum Gasteiger partial charge on any atom is -0.454 e. The van der Waals surface area contributed by atoms with E-state index >= 15 is 0 Å². The number of hydrogen-bond acceptors (Lipinski definition) is 4. The summed E-state index contributed by atoms with van der Waals surface area (Å²) in [6, 6.07) is 11.9. The van der Waals surface area contributed by atoms with Crippen LogP contribution in [-0.4, -0.2) is 17.7 Å². The van der Waals surface area contributed by atoms with Gasteiger partial charge < -0.3 is 25.5 Å². The fourth-order valence-electron chi connectivity index (χ4n) is 4.17. The van der Waals surface area contributed by atoms with Gasteiger partial charge in [0.2, 0.25) is 12.7 Å². The fraction of sp³-hybridized carbons (Fsp3) is 0.375. The maximum absolute atomic E-state index is 13.3. The average molecular weight is 410 g/mol. The highest BCUT2D eigenvalue weighted by Crippen LogP contribution is 2.51. The van der Waals surface area contributed by atoms with Gasteiger partial charge in [0, 0.05) is 31.6 Å². The third-order valence-corrected chi connectivity index (χ3v) is 6.21. The smallest absolute Gasteiger partial charge is 0.235 e. The van der Waals surface area contributed by atoms with Gasteiger partial charge in [-0.15, -0.1) is 0 Å². The molecule has 1 fully saturated rings. The van der Waals surface area contributed by atoms with Crippen LogP contribution in [0.4, 0.5) is 5.69 Å². The van der Waals surface area contributed by atoms with E-state index in [0.717, 1.165) is 52.0 Å². The number of carbonyl (C=O) groups excluding carboxylic acids is 1. The number of nitrogens with two attached hydrogens (primary N) is 1. The van der Waals surface area contributed by atoms with E-state index in [0.29, 0.717) is 12.3 Å². The van der Waals surface area contributed by atoms with Gasteiger partial charge in [-0.05, 0) is 54.3 Å². The van der Waals surface area contributed by atoms with Crippen molar-refractivity contribution in [2.24, 2.45) is 5.73 Å². The number of ether oxygens (including phenoxy) is 2. The molecule has 1 amide bonds. The van der Waals surface area contributed by atoms with E-state index in [9.17, 15) is 4.79 Å². The van der Waals surface area contributed by atoms with Crippen LogP contribution >= 0.6 is 0 Å². The largest absolute Gasteiger partial charge is 0.454 e. The highest BCUT2D eigenvalue weighted by molar-refractivity contribution is 6.03. The molecule has 1 saturated carbocycles. The maximum atomic E-state index is 13.3.